The quantitative estimate of drug-likeness (QED) is 0.888. The molecule has 0 bridgehead atoms. The number of aromatic nitrogens is 1. The Morgan fingerprint density at radius 1 is 1.21 bits per heavy atom. The highest BCUT2D eigenvalue weighted by Gasteiger charge is 1.97. The van der Waals surface area contributed by atoms with Crippen molar-refractivity contribution >= 4 is 0 Å². The summed E-state index contributed by atoms with van der Waals surface area (Å²) >= 11 is 0. The van der Waals surface area contributed by atoms with Gasteiger partial charge in [-0.3, -0.25) is 0 Å². The number of rotatable bonds is 5. The molecular formula is C15H15N3O. The molecule has 2 aromatic rings. The van der Waals surface area contributed by atoms with Crippen molar-refractivity contribution in [1.29, 1.82) is 5.26 Å². The Labute approximate surface area is 112 Å². The van der Waals surface area contributed by atoms with Crippen LogP contribution in [0.2, 0.25) is 0 Å². The van der Waals surface area contributed by atoms with Crippen LogP contribution in [0.5, 0.6) is 5.88 Å². The molecule has 0 saturated heterocycles. The van der Waals surface area contributed by atoms with Crippen molar-refractivity contribution in [2.24, 2.45) is 0 Å². The van der Waals surface area contributed by atoms with Crippen LogP contribution >= 0.6 is 0 Å². The molecule has 0 aliphatic carbocycles. The fourth-order valence-electron chi connectivity index (χ4n) is 1.74. The molecule has 0 aliphatic heterocycles. The third-order valence-corrected chi connectivity index (χ3v) is 2.72. The lowest BCUT2D eigenvalue weighted by Crippen LogP contribution is -2.12. The number of hydrogen-bond acceptors (Lipinski definition) is 4. The number of nitrogens with zero attached hydrogens (tertiary/aromatic N) is 2. The van der Waals surface area contributed by atoms with Gasteiger partial charge in [-0.15, -0.1) is 0 Å². The zero-order valence-corrected chi connectivity index (χ0v) is 10.8. The summed E-state index contributed by atoms with van der Waals surface area (Å²) in [5, 5.41) is 12.1. The standard InChI is InChI=1S/C15H15N3O/c1-19-15-6-5-14(11-18-15)10-17-9-13-4-2-3-12(7-13)8-16/h2-7,11,17H,9-10H2,1H3. The number of hydrogen-bond donors (Lipinski definition) is 1. The average molecular weight is 253 g/mol. The normalized spacial score (nSPS) is 9.89. The summed E-state index contributed by atoms with van der Waals surface area (Å²) in [7, 11) is 1.60. The van der Waals surface area contributed by atoms with Gasteiger partial charge in [0.2, 0.25) is 5.88 Å². The highest BCUT2D eigenvalue weighted by Crippen LogP contribution is 2.07. The topological polar surface area (TPSA) is 57.9 Å². The average Bonchev–Trinajstić information content (AvgIpc) is 2.48. The largest absolute Gasteiger partial charge is 0.481 e. The van der Waals surface area contributed by atoms with Gasteiger partial charge in [-0.05, 0) is 23.3 Å². The van der Waals surface area contributed by atoms with Crippen molar-refractivity contribution in [3.05, 3.63) is 59.3 Å². The minimum absolute atomic E-state index is 0.616. The van der Waals surface area contributed by atoms with Crippen molar-refractivity contribution in [2.75, 3.05) is 7.11 Å². The molecule has 0 fully saturated rings. The van der Waals surface area contributed by atoms with E-state index >= 15 is 0 Å². The van der Waals surface area contributed by atoms with Crippen LogP contribution in [0.1, 0.15) is 16.7 Å². The third-order valence-electron chi connectivity index (χ3n) is 2.72. The highest BCUT2D eigenvalue weighted by molar-refractivity contribution is 5.32. The Hall–Kier alpha value is -2.38. The minimum atomic E-state index is 0.616. The number of ether oxygens (including phenoxy) is 1. The van der Waals surface area contributed by atoms with Crippen molar-refractivity contribution in [3.8, 4) is 11.9 Å². The van der Waals surface area contributed by atoms with Crippen molar-refractivity contribution in [2.45, 2.75) is 13.1 Å². The Balaban J connectivity index is 1.87. The van der Waals surface area contributed by atoms with E-state index in [0.29, 0.717) is 11.4 Å². The lowest BCUT2D eigenvalue weighted by molar-refractivity contribution is 0.397. The highest BCUT2D eigenvalue weighted by atomic mass is 16.5. The predicted molar refractivity (Wildman–Crippen MR) is 72.5 cm³/mol. The van der Waals surface area contributed by atoms with Crippen LogP contribution in [0.3, 0.4) is 0 Å². The number of pyridine rings is 1. The van der Waals surface area contributed by atoms with Crippen LogP contribution in [0.25, 0.3) is 0 Å². The summed E-state index contributed by atoms with van der Waals surface area (Å²) in [4.78, 5) is 4.14. The van der Waals surface area contributed by atoms with Crippen LogP contribution in [-0.4, -0.2) is 12.1 Å². The fraction of sp³-hybridized carbons (Fsp3) is 0.200. The maximum absolute atomic E-state index is 8.82. The Kier molecular flexibility index (Phi) is 4.49. The van der Waals surface area contributed by atoms with Crippen molar-refractivity contribution < 1.29 is 4.74 Å². The van der Waals surface area contributed by atoms with Gasteiger partial charge in [-0.25, -0.2) is 4.98 Å². The van der Waals surface area contributed by atoms with E-state index < -0.39 is 0 Å². The second kappa shape index (κ2) is 6.53. The van der Waals surface area contributed by atoms with Gasteiger partial charge in [0.1, 0.15) is 0 Å². The third kappa shape index (κ3) is 3.80. The number of methoxy groups -OCH3 is 1. The lowest BCUT2D eigenvalue weighted by atomic mass is 10.1. The van der Waals surface area contributed by atoms with Crippen LogP contribution in [0.15, 0.2) is 42.6 Å². The molecule has 0 atom stereocenters. The van der Waals surface area contributed by atoms with Gasteiger partial charge in [0.15, 0.2) is 0 Å². The second-order valence-corrected chi connectivity index (χ2v) is 4.12. The Morgan fingerprint density at radius 2 is 2.05 bits per heavy atom. The fourth-order valence-corrected chi connectivity index (χ4v) is 1.74. The van der Waals surface area contributed by atoms with Gasteiger partial charge in [0, 0.05) is 25.4 Å². The summed E-state index contributed by atoms with van der Waals surface area (Å²) in [5.74, 6) is 0.616. The first-order valence-corrected chi connectivity index (χ1v) is 6.00. The van der Waals surface area contributed by atoms with Crippen molar-refractivity contribution in [1.82, 2.24) is 10.3 Å². The SMILES string of the molecule is COc1ccc(CNCc2cccc(C#N)c2)cn1. The van der Waals surface area contributed by atoms with Crippen LogP contribution in [0, 0.1) is 11.3 Å². The van der Waals surface area contributed by atoms with E-state index in [0.717, 1.165) is 24.2 Å². The molecular weight excluding hydrogens is 238 g/mol. The smallest absolute Gasteiger partial charge is 0.212 e. The molecule has 1 aromatic carbocycles. The van der Waals surface area contributed by atoms with Gasteiger partial charge in [-0.1, -0.05) is 18.2 Å². The molecule has 1 heterocycles. The van der Waals surface area contributed by atoms with E-state index in [9.17, 15) is 0 Å². The number of benzene rings is 1. The van der Waals surface area contributed by atoms with Crippen LogP contribution in [0.4, 0.5) is 0 Å². The van der Waals surface area contributed by atoms with E-state index in [1.807, 2.05) is 30.3 Å². The van der Waals surface area contributed by atoms with Gasteiger partial charge in [0.25, 0.3) is 0 Å². The van der Waals surface area contributed by atoms with E-state index in [-0.39, 0.29) is 0 Å². The van der Waals surface area contributed by atoms with Crippen molar-refractivity contribution in [3.63, 3.8) is 0 Å². The molecule has 0 spiro atoms. The first-order valence-electron chi connectivity index (χ1n) is 6.00. The molecule has 1 aromatic heterocycles. The summed E-state index contributed by atoms with van der Waals surface area (Å²) in [5.41, 5.74) is 2.88. The molecule has 2 rings (SSSR count). The molecule has 96 valence electrons. The van der Waals surface area contributed by atoms with Gasteiger partial charge in [-0.2, -0.15) is 5.26 Å². The lowest BCUT2D eigenvalue weighted by Gasteiger charge is -2.06. The van der Waals surface area contributed by atoms with E-state index in [4.69, 9.17) is 10.00 Å². The molecule has 19 heavy (non-hydrogen) atoms. The monoisotopic (exact) mass is 253 g/mol. The van der Waals surface area contributed by atoms with Gasteiger partial charge in [0.05, 0.1) is 18.7 Å². The van der Waals surface area contributed by atoms with E-state index in [1.54, 1.807) is 19.4 Å². The van der Waals surface area contributed by atoms with Gasteiger partial charge >= 0.3 is 0 Å². The molecule has 0 unspecified atom stereocenters. The summed E-state index contributed by atoms with van der Waals surface area (Å²) < 4.78 is 5.01. The Bertz CT molecular complexity index is 573. The van der Waals surface area contributed by atoms with Crippen LogP contribution in [-0.2, 0) is 13.1 Å². The van der Waals surface area contributed by atoms with E-state index in [2.05, 4.69) is 16.4 Å². The minimum Gasteiger partial charge on any atom is -0.481 e. The first kappa shape index (κ1) is 13.1. The Morgan fingerprint density at radius 3 is 2.74 bits per heavy atom. The zero-order valence-electron chi connectivity index (χ0n) is 10.8. The van der Waals surface area contributed by atoms with Crippen LogP contribution < -0.4 is 10.1 Å². The molecule has 4 nitrogen and oxygen atoms in total. The summed E-state index contributed by atoms with van der Waals surface area (Å²) in [6.07, 6.45) is 1.79. The molecule has 0 radical (unpaired) electrons. The maximum atomic E-state index is 8.82. The maximum Gasteiger partial charge on any atom is 0.212 e. The zero-order chi connectivity index (χ0) is 13.5. The predicted octanol–water partition coefficient (Wildman–Crippen LogP) is 2.25. The second-order valence-electron chi connectivity index (χ2n) is 4.12. The first-order chi connectivity index (χ1) is 9.31. The molecule has 4 heteroatoms. The summed E-state index contributed by atoms with van der Waals surface area (Å²) in [6.45, 7) is 1.45. The molecule has 0 amide bonds. The molecule has 0 aliphatic rings. The van der Waals surface area contributed by atoms with Gasteiger partial charge < -0.3 is 10.1 Å². The number of nitriles is 1. The molecule has 1 N–H and O–H groups in total. The molecule has 0 saturated carbocycles. The summed E-state index contributed by atoms with van der Waals surface area (Å²) in [6, 6.07) is 13.5. The number of nitrogens with one attached hydrogen (secondary N) is 1. The van der Waals surface area contributed by atoms with E-state index in [1.165, 1.54) is 0 Å².